The number of nitrogens with one attached hydrogen (secondary N) is 2. The lowest BCUT2D eigenvalue weighted by atomic mass is 10.1. The molecule has 0 fully saturated rings. The molecule has 1 heterocycles. The Kier molecular flexibility index (Phi) is 6.28. The van der Waals surface area contributed by atoms with Crippen LogP contribution in [0.2, 0.25) is 0 Å². The molecule has 0 saturated carbocycles. The van der Waals surface area contributed by atoms with Gasteiger partial charge in [0.2, 0.25) is 0 Å². The predicted octanol–water partition coefficient (Wildman–Crippen LogP) is 3.17. The molecule has 0 bridgehead atoms. The molecule has 0 aliphatic rings. The van der Waals surface area contributed by atoms with E-state index in [9.17, 15) is 0 Å². The highest BCUT2D eigenvalue weighted by Gasteiger charge is 1.98. The third-order valence-electron chi connectivity index (χ3n) is 3.34. The second-order valence-corrected chi connectivity index (χ2v) is 5.68. The van der Waals surface area contributed by atoms with E-state index in [2.05, 4.69) is 41.3 Å². The zero-order valence-corrected chi connectivity index (χ0v) is 12.9. The van der Waals surface area contributed by atoms with Crippen molar-refractivity contribution in [3.8, 4) is 5.75 Å². The largest absolute Gasteiger partial charge is 0.494 e. The molecule has 0 spiro atoms. The van der Waals surface area contributed by atoms with Gasteiger partial charge >= 0.3 is 0 Å². The molecule has 0 aliphatic heterocycles. The Labute approximate surface area is 127 Å². The van der Waals surface area contributed by atoms with E-state index in [4.69, 9.17) is 4.74 Å². The average molecular weight is 287 g/mol. The lowest BCUT2D eigenvalue weighted by molar-refractivity contribution is 0.289. The van der Waals surface area contributed by atoms with Gasteiger partial charge in [0.1, 0.15) is 5.75 Å². The Morgan fingerprint density at radius 1 is 1.24 bits per heavy atom. The Bertz CT molecular complexity index is 491. The molecule has 2 rings (SSSR count). The van der Waals surface area contributed by atoms with Crippen molar-refractivity contribution < 1.29 is 4.74 Å². The summed E-state index contributed by atoms with van der Waals surface area (Å²) < 4.78 is 5.71. The molecular weight excluding hydrogens is 262 g/mol. The van der Waals surface area contributed by atoms with Crippen LogP contribution < -0.4 is 10.1 Å². The van der Waals surface area contributed by atoms with Crippen molar-refractivity contribution in [3.05, 3.63) is 48.0 Å². The van der Waals surface area contributed by atoms with Gasteiger partial charge in [0.15, 0.2) is 0 Å². The molecule has 0 amide bonds. The van der Waals surface area contributed by atoms with Crippen LogP contribution in [0.1, 0.15) is 31.5 Å². The van der Waals surface area contributed by atoms with Crippen LogP contribution in [-0.2, 0) is 13.0 Å². The van der Waals surface area contributed by atoms with Crippen LogP contribution in [0.3, 0.4) is 0 Å². The monoisotopic (exact) mass is 287 g/mol. The maximum Gasteiger partial charge on any atom is 0.119 e. The molecule has 0 aliphatic carbocycles. The van der Waals surface area contributed by atoms with Crippen LogP contribution in [0, 0.1) is 5.92 Å². The van der Waals surface area contributed by atoms with E-state index in [0.717, 1.165) is 44.0 Å². The average Bonchev–Trinajstić information content (AvgIpc) is 2.98. The highest BCUT2D eigenvalue weighted by atomic mass is 16.5. The third kappa shape index (κ3) is 6.00. The quantitative estimate of drug-likeness (QED) is 0.697. The van der Waals surface area contributed by atoms with Gasteiger partial charge in [0.05, 0.1) is 12.9 Å². The van der Waals surface area contributed by atoms with E-state index < -0.39 is 0 Å². The minimum atomic E-state index is 0.684. The number of hydrogen-bond acceptors (Lipinski definition) is 3. The van der Waals surface area contributed by atoms with Crippen molar-refractivity contribution in [3.63, 3.8) is 0 Å². The van der Waals surface area contributed by atoms with Crippen molar-refractivity contribution in [2.75, 3.05) is 13.2 Å². The minimum Gasteiger partial charge on any atom is -0.494 e. The summed E-state index contributed by atoms with van der Waals surface area (Å²) in [6.45, 7) is 7.03. The van der Waals surface area contributed by atoms with Crippen molar-refractivity contribution in [1.82, 2.24) is 15.3 Å². The van der Waals surface area contributed by atoms with Crippen LogP contribution in [0.4, 0.5) is 0 Å². The van der Waals surface area contributed by atoms with Gasteiger partial charge in [-0.05, 0) is 30.0 Å². The summed E-state index contributed by atoms with van der Waals surface area (Å²) in [5.74, 6) is 1.64. The number of hydrogen-bond donors (Lipinski definition) is 2. The molecule has 1 aromatic heterocycles. The molecule has 0 atom stereocenters. The molecule has 1 aromatic carbocycles. The zero-order chi connectivity index (χ0) is 14.9. The van der Waals surface area contributed by atoms with Gasteiger partial charge in [-0.2, -0.15) is 0 Å². The standard InChI is InChI=1S/C17H25N3O/c1-14(2)8-10-21-17-5-3-15(4-6-17)11-18-9-7-16-12-19-13-20-16/h3-6,12-14,18H,7-11H2,1-2H3,(H,19,20). The van der Waals surface area contributed by atoms with E-state index in [0.29, 0.717) is 5.92 Å². The van der Waals surface area contributed by atoms with Gasteiger partial charge in [-0.25, -0.2) is 4.98 Å². The maximum absolute atomic E-state index is 5.71. The van der Waals surface area contributed by atoms with E-state index in [1.54, 1.807) is 6.33 Å². The number of ether oxygens (including phenoxy) is 1. The van der Waals surface area contributed by atoms with Crippen molar-refractivity contribution >= 4 is 0 Å². The summed E-state index contributed by atoms with van der Waals surface area (Å²) in [6, 6.07) is 8.33. The minimum absolute atomic E-state index is 0.684. The van der Waals surface area contributed by atoms with Crippen molar-refractivity contribution in [2.24, 2.45) is 5.92 Å². The third-order valence-corrected chi connectivity index (χ3v) is 3.34. The molecule has 2 N–H and O–H groups in total. The second kappa shape index (κ2) is 8.47. The predicted molar refractivity (Wildman–Crippen MR) is 85.4 cm³/mol. The number of nitrogens with zero attached hydrogens (tertiary/aromatic N) is 1. The topological polar surface area (TPSA) is 49.9 Å². The number of aromatic amines is 1. The molecule has 114 valence electrons. The summed E-state index contributed by atoms with van der Waals surface area (Å²) in [6.07, 6.45) is 5.64. The number of benzene rings is 1. The number of rotatable bonds is 9. The fourth-order valence-corrected chi connectivity index (χ4v) is 1.99. The van der Waals surface area contributed by atoms with Gasteiger partial charge in [-0.15, -0.1) is 0 Å². The van der Waals surface area contributed by atoms with Crippen LogP contribution >= 0.6 is 0 Å². The van der Waals surface area contributed by atoms with E-state index in [-0.39, 0.29) is 0 Å². The van der Waals surface area contributed by atoms with Crippen LogP contribution in [0.15, 0.2) is 36.8 Å². The molecule has 2 aromatic rings. The molecule has 4 heteroatoms. The van der Waals surface area contributed by atoms with Crippen LogP contribution in [0.5, 0.6) is 5.75 Å². The molecule has 21 heavy (non-hydrogen) atoms. The Hall–Kier alpha value is -1.81. The second-order valence-electron chi connectivity index (χ2n) is 5.68. The first-order chi connectivity index (χ1) is 10.2. The molecular formula is C17H25N3O. The Morgan fingerprint density at radius 2 is 2.05 bits per heavy atom. The van der Waals surface area contributed by atoms with Crippen LogP contribution in [-0.4, -0.2) is 23.1 Å². The van der Waals surface area contributed by atoms with Gasteiger partial charge in [-0.3, -0.25) is 0 Å². The van der Waals surface area contributed by atoms with Gasteiger partial charge < -0.3 is 15.0 Å². The van der Waals surface area contributed by atoms with E-state index in [1.165, 1.54) is 5.56 Å². The van der Waals surface area contributed by atoms with E-state index >= 15 is 0 Å². The fraction of sp³-hybridized carbons (Fsp3) is 0.471. The summed E-state index contributed by atoms with van der Waals surface area (Å²) in [5.41, 5.74) is 2.44. The first-order valence-electron chi connectivity index (χ1n) is 7.64. The lowest BCUT2D eigenvalue weighted by Crippen LogP contribution is -2.16. The normalized spacial score (nSPS) is 11.0. The van der Waals surface area contributed by atoms with Gasteiger partial charge in [0.25, 0.3) is 0 Å². The van der Waals surface area contributed by atoms with Crippen LogP contribution in [0.25, 0.3) is 0 Å². The maximum atomic E-state index is 5.71. The summed E-state index contributed by atoms with van der Waals surface area (Å²) in [4.78, 5) is 7.11. The Morgan fingerprint density at radius 3 is 2.71 bits per heavy atom. The SMILES string of the molecule is CC(C)CCOc1ccc(CNCCc2cnc[nH]2)cc1. The molecule has 0 unspecified atom stereocenters. The summed E-state index contributed by atoms with van der Waals surface area (Å²) in [7, 11) is 0. The lowest BCUT2D eigenvalue weighted by Gasteiger charge is -2.09. The fourth-order valence-electron chi connectivity index (χ4n) is 1.99. The summed E-state index contributed by atoms with van der Waals surface area (Å²) >= 11 is 0. The number of imidazole rings is 1. The highest BCUT2D eigenvalue weighted by molar-refractivity contribution is 5.27. The van der Waals surface area contributed by atoms with Crippen molar-refractivity contribution in [1.29, 1.82) is 0 Å². The van der Waals surface area contributed by atoms with Gasteiger partial charge in [-0.1, -0.05) is 26.0 Å². The number of H-pyrrole nitrogens is 1. The summed E-state index contributed by atoms with van der Waals surface area (Å²) in [5, 5.41) is 3.43. The van der Waals surface area contributed by atoms with Crippen molar-refractivity contribution in [2.45, 2.75) is 33.2 Å². The first kappa shape index (κ1) is 15.6. The molecule has 0 radical (unpaired) electrons. The number of aromatic nitrogens is 2. The first-order valence-corrected chi connectivity index (χ1v) is 7.64. The molecule has 0 saturated heterocycles. The smallest absolute Gasteiger partial charge is 0.119 e. The molecule has 4 nitrogen and oxygen atoms in total. The Balaban J connectivity index is 1.65. The zero-order valence-electron chi connectivity index (χ0n) is 12.9. The highest BCUT2D eigenvalue weighted by Crippen LogP contribution is 2.13. The van der Waals surface area contributed by atoms with E-state index in [1.807, 2.05) is 18.3 Å². The van der Waals surface area contributed by atoms with Gasteiger partial charge in [0, 0.05) is 31.4 Å².